The second-order valence-electron chi connectivity index (χ2n) is 4.33. The van der Waals surface area contributed by atoms with Crippen LogP contribution in [-0.4, -0.2) is 52.2 Å². The Labute approximate surface area is 118 Å². The Kier molecular flexibility index (Phi) is 5.18. The van der Waals surface area contributed by atoms with Crippen LogP contribution in [0.15, 0.2) is 24.3 Å². The Morgan fingerprint density at radius 2 is 1.90 bits per heavy atom. The number of nitrogens with zero attached hydrogens (tertiary/aromatic N) is 1. The monoisotopic (exact) mass is 301 g/mol. The topological polar surface area (TPSA) is 93.9 Å². The summed E-state index contributed by atoms with van der Waals surface area (Å²) >= 11 is 0. The molecule has 1 saturated heterocycles. The molecule has 0 unspecified atom stereocenters. The molecule has 2 rings (SSSR count). The van der Waals surface area contributed by atoms with Gasteiger partial charge in [0.2, 0.25) is 0 Å². The normalized spacial score (nSPS) is 17.0. The van der Waals surface area contributed by atoms with E-state index in [0.717, 1.165) is 0 Å². The first-order valence-corrected chi connectivity index (χ1v) is 7.83. The molecule has 0 radical (unpaired) electrons. The molecule has 8 heteroatoms. The Bertz CT molecular complexity index is 512. The number of nitrogen functional groups attached to an aromatic ring is 1. The summed E-state index contributed by atoms with van der Waals surface area (Å²) in [5, 5.41) is 0. The fourth-order valence-electron chi connectivity index (χ4n) is 1.78. The Hall–Kier alpha value is -1.35. The van der Waals surface area contributed by atoms with E-state index in [4.69, 9.17) is 15.2 Å². The van der Waals surface area contributed by atoms with Gasteiger partial charge in [-0.3, -0.25) is 0 Å². The predicted octanol–water partition coefficient (Wildman–Crippen LogP) is -0.186. The lowest BCUT2D eigenvalue weighted by atomic mass is 10.3. The largest absolute Gasteiger partial charge is 0.492 e. The van der Waals surface area contributed by atoms with Crippen LogP contribution in [0.4, 0.5) is 5.69 Å². The van der Waals surface area contributed by atoms with E-state index in [9.17, 15) is 8.42 Å². The molecule has 1 aliphatic rings. The lowest BCUT2D eigenvalue weighted by Gasteiger charge is -2.26. The summed E-state index contributed by atoms with van der Waals surface area (Å²) in [4.78, 5) is 0. The number of nitrogens with one attached hydrogen (secondary N) is 1. The van der Waals surface area contributed by atoms with Crippen LogP contribution in [0, 0.1) is 0 Å². The summed E-state index contributed by atoms with van der Waals surface area (Å²) in [6, 6.07) is 6.94. The number of rotatable bonds is 6. The maximum atomic E-state index is 11.9. The molecule has 7 nitrogen and oxygen atoms in total. The third-order valence-corrected chi connectivity index (χ3v) is 4.46. The number of nitrogens with two attached hydrogens (primary N) is 1. The standard InChI is InChI=1S/C12H19N3O4S/c13-11-1-3-12(4-2-11)19-8-5-14-20(16,17)15-6-9-18-10-7-15/h1-4,14H,5-10,13H2. The number of ether oxygens (including phenoxy) is 2. The van der Waals surface area contributed by atoms with Gasteiger partial charge in [0.05, 0.1) is 13.2 Å². The van der Waals surface area contributed by atoms with Crippen LogP contribution in [0.1, 0.15) is 0 Å². The third-order valence-electron chi connectivity index (χ3n) is 2.85. The van der Waals surface area contributed by atoms with Crippen LogP contribution in [0.25, 0.3) is 0 Å². The van der Waals surface area contributed by atoms with E-state index in [1.54, 1.807) is 24.3 Å². The third kappa shape index (κ3) is 4.34. The van der Waals surface area contributed by atoms with E-state index < -0.39 is 10.2 Å². The zero-order chi connectivity index (χ0) is 14.4. The number of benzene rings is 1. The van der Waals surface area contributed by atoms with Crippen molar-refractivity contribution in [2.75, 3.05) is 45.2 Å². The van der Waals surface area contributed by atoms with Crippen LogP contribution >= 0.6 is 0 Å². The molecule has 0 atom stereocenters. The highest BCUT2D eigenvalue weighted by molar-refractivity contribution is 7.87. The summed E-state index contributed by atoms with van der Waals surface area (Å²) in [5.41, 5.74) is 6.22. The van der Waals surface area contributed by atoms with Crippen molar-refractivity contribution in [2.45, 2.75) is 0 Å². The number of hydrogen-bond acceptors (Lipinski definition) is 5. The van der Waals surface area contributed by atoms with Crippen molar-refractivity contribution >= 4 is 15.9 Å². The van der Waals surface area contributed by atoms with Gasteiger partial charge < -0.3 is 15.2 Å². The minimum Gasteiger partial charge on any atom is -0.492 e. The lowest BCUT2D eigenvalue weighted by molar-refractivity contribution is 0.0724. The van der Waals surface area contributed by atoms with Crippen molar-refractivity contribution in [1.82, 2.24) is 9.03 Å². The SMILES string of the molecule is Nc1ccc(OCCNS(=O)(=O)N2CCOCC2)cc1. The Balaban J connectivity index is 1.73. The smallest absolute Gasteiger partial charge is 0.279 e. The van der Waals surface area contributed by atoms with E-state index in [1.807, 2.05) is 0 Å². The van der Waals surface area contributed by atoms with Crippen molar-refractivity contribution in [2.24, 2.45) is 0 Å². The van der Waals surface area contributed by atoms with Crippen molar-refractivity contribution in [3.05, 3.63) is 24.3 Å². The van der Waals surface area contributed by atoms with E-state index in [1.165, 1.54) is 4.31 Å². The minimum absolute atomic E-state index is 0.212. The number of hydrogen-bond donors (Lipinski definition) is 2. The van der Waals surface area contributed by atoms with Crippen molar-refractivity contribution < 1.29 is 17.9 Å². The van der Waals surface area contributed by atoms with Crippen molar-refractivity contribution in [3.63, 3.8) is 0 Å². The molecule has 1 aromatic rings. The fraction of sp³-hybridized carbons (Fsp3) is 0.500. The zero-order valence-electron chi connectivity index (χ0n) is 11.1. The summed E-state index contributed by atoms with van der Waals surface area (Å²) in [6.07, 6.45) is 0. The molecular formula is C12H19N3O4S. The van der Waals surface area contributed by atoms with Gasteiger partial charge >= 0.3 is 0 Å². The molecule has 20 heavy (non-hydrogen) atoms. The second-order valence-corrected chi connectivity index (χ2v) is 6.08. The molecule has 1 aromatic carbocycles. The highest BCUT2D eigenvalue weighted by Crippen LogP contribution is 2.12. The van der Waals surface area contributed by atoms with Crippen LogP contribution < -0.4 is 15.2 Å². The fourth-order valence-corrected chi connectivity index (χ4v) is 2.94. The Morgan fingerprint density at radius 1 is 1.25 bits per heavy atom. The quantitative estimate of drug-likeness (QED) is 0.561. The van der Waals surface area contributed by atoms with E-state index >= 15 is 0 Å². The lowest BCUT2D eigenvalue weighted by Crippen LogP contribution is -2.47. The molecule has 0 aliphatic carbocycles. The van der Waals surface area contributed by atoms with Crippen LogP contribution in [0.5, 0.6) is 5.75 Å². The molecule has 0 bridgehead atoms. The molecule has 1 fully saturated rings. The number of anilines is 1. The molecule has 1 heterocycles. The first-order chi connectivity index (χ1) is 9.58. The summed E-state index contributed by atoms with van der Waals surface area (Å²) in [5.74, 6) is 0.657. The maximum absolute atomic E-state index is 11.9. The predicted molar refractivity (Wildman–Crippen MR) is 75.7 cm³/mol. The van der Waals surface area contributed by atoms with Gasteiger partial charge in [-0.2, -0.15) is 17.4 Å². The first kappa shape index (κ1) is 15.0. The Morgan fingerprint density at radius 3 is 2.55 bits per heavy atom. The molecule has 0 aromatic heterocycles. The molecule has 1 aliphatic heterocycles. The molecule has 0 amide bonds. The maximum Gasteiger partial charge on any atom is 0.279 e. The van der Waals surface area contributed by atoms with Gasteiger partial charge in [0.1, 0.15) is 12.4 Å². The van der Waals surface area contributed by atoms with Gasteiger partial charge in [-0.25, -0.2) is 0 Å². The van der Waals surface area contributed by atoms with Crippen LogP contribution in [0.2, 0.25) is 0 Å². The zero-order valence-corrected chi connectivity index (χ0v) is 11.9. The van der Waals surface area contributed by atoms with E-state index in [-0.39, 0.29) is 13.2 Å². The van der Waals surface area contributed by atoms with E-state index in [0.29, 0.717) is 37.7 Å². The van der Waals surface area contributed by atoms with Gasteiger partial charge in [-0.1, -0.05) is 0 Å². The minimum atomic E-state index is -3.44. The summed E-state index contributed by atoms with van der Waals surface area (Å²) in [6.45, 7) is 2.10. The average molecular weight is 301 g/mol. The average Bonchev–Trinajstić information content (AvgIpc) is 2.46. The highest BCUT2D eigenvalue weighted by Gasteiger charge is 2.23. The first-order valence-electron chi connectivity index (χ1n) is 6.39. The van der Waals surface area contributed by atoms with Gasteiger partial charge in [-0.15, -0.1) is 0 Å². The second kappa shape index (κ2) is 6.89. The van der Waals surface area contributed by atoms with Gasteiger partial charge in [0.15, 0.2) is 0 Å². The molecular weight excluding hydrogens is 282 g/mol. The van der Waals surface area contributed by atoms with Crippen molar-refractivity contribution in [3.8, 4) is 5.75 Å². The summed E-state index contributed by atoms with van der Waals surface area (Å²) < 4.78 is 38.3. The summed E-state index contributed by atoms with van der Waals surface area (Å²) in [7, 11) is -3.44. The van der Waals surface area contributed by atoms with E-state index in [2.05, 4.69) is 4.72 Å². The van der Waals surface area contributed by atoms with Crippen molar-refractivity contribution in [1.29, 1.82) is 0 Å². The van der Waals surface area contributed by atoms with Gasteiger partial charge in [0.25, 0.3) is 10.2 Å². The van der Waals surface area contributed by atoms with Gasteiger partial charge in [-0.05, 0) is 24.3 Å². The molecule has 112 valence electrons. The molecule has 0 spiro atoms. The number of morpholine rings is 1. The molecule has 0 saturated carbocycles. The van der Waals surface area contributed by atoms with Crippen LogP contribution in [0.3, 0.4) is 0 Å². The van der Waals surface area contributed by atoms with Gasteiger partial charge in [0, 0.05) is 25.3 Å². The molecule has 3 N–H and O–H groups in total. The highest BCUT2D eigenvalue weighted by atomic mass is 32.2. The van der Waals surface area contributed by atoms with Crippen LogP contribution in [-0.2, 0) is 14.9 Å².